The number of aliphatic carboxylic acids is 1. The molecular formula is C12H21NO4. The molecule has 2 N–H and O–H groups in total. The number of carboxylic acid groups (broad SMARTS) is 2. The molecule has 0 saturated carbocycles. The van der Waals surface area contributed by atoms with Crippen LogP contribution in [0.15, 0.2) is 0 Å². The quantitative estimate of drug-likeness (QED) is 0.740. The van der Waals surface area contributed by atoms with Gasteiger partial charge in [0.2, 0.25) is 0 Å². The molecule has 1 saturated heterocycles. The van der Waals surface area contributed by atoms with E-state index in [2.05, 4.69) is 0 Å². The molecule has 1 fully saturated rings. The normalized spacial score (nSPS) is 30.1. The number of carboxylic acids is 1. The van der Waals surface area contributed by atoms with Crippen LogP contribution in [0.4, 0.5) is 4.79 Å². The minimum Gasteiger partial charge on any atom is -0.481 e. The van der Waals surface area contributed by atoms with Gasteiger partial charge in [0.05, 0.1) is 5.41 Å². The van der Waals surface area contributed by atoms with Crippen LogP contribution in [0.2, 0.25) is 0 Å². The lowest BCUT2D eigenvalue weighted by molar-refractivity contribution is -0.153. The monoisotopic (exact) mass is 243 g/mol. The van der Waals surface area contributed by atoms with Gasteiger partial charge >= 0.3 is 12.1 Å². The average molecular weight is 243 g/mol. The largest absolute Gasteiger partial charge is 0.481 e. The molecule has 2 atom stereocenters. The SMILES string of the molecule is CC1(C(=O)O)CCN(C(=O)O)C(C(C)(C)C)C1. The smallest absolute Gasteiger partial charge is 0.407 e. The van der Waals surface area contributed by atoms with Gasteiger partial charge in [-0.25, -0.2) is 4.79 Å². The Morgan fingerprint density at radius 2 is 1.82 bits per heavy atom. The summed E-state index contributed by atoms with van der Waals surface area (Å²) in [5.41, 5.74) is -1.07. The molecule has 1 heterocycles. The molecule has 0 radical (unpaired) electrons. The number of likely N-dealkylation sites (tertiary alicyclic amines) is 1. The van der Waals surface area contributed by atoms with Gasteiger partial charge in [0.1, 0.15) is 0 Å². The predicted octanol–water partition coefficient (Wildman–Crippen LogP) is 2.27. The maximum Gasteiger partial charge on any atom is 0.407 e. The second kappa shape index (κ2) is 4.20. The van der Waals surface area contributed by atoms with Gasteiger partial charge in [-0.05, 0) is 25.2 Å². The molecule has 5 nitrogen and oxygen atoms in total. The van der Waals surface area contributed by atoms with Crippen LogP contribution < -0.4 is 0 Å². The third-order valence-corrected chi connectivity index (χ3v) is 3.69. The Bertz CT molecular complexity index is 334. The van der Waals surface area contributed by atoms with Crippen LogP contribution in [0.1, 0.15) is 40.5 Å². The van der Waals surface area contributed by atoms with E-state index in [0.29, 0.717) is 19.4 Å². The van der Waals surface area contributed by atoms with Crippen molar-refractivity contribution in [3.63, 3.8) is 0 Å². The van der Waals surface area contributed by atoms with Gasteiger partial charge in [0.15, 0.2) is 0 Å². The van der Waals surface area contributed by atoms with E-state index in [9.17, 15) is 14.7 Å². The fourth-order valence-corrected chi connectivity index (χ4v) is 2.36. The molecule has 0 bridgehead atoms. The maximum atomic E-state index is 11.3. The van der Waals surface area contributed by atoms with Crippen molar-refractivity contribution < 1.29 is 19.8 Å². The van der Waals surface area contributed by atoms with E-state index >= 15 is 0 Å². The Hall–Kier alpha value is -1.26. The predicted molar refractivity (Wildman–Crippen MR) is 63.0 cm³/mol. The highest BCUT2D eigenvalue weighted by Crippen LogP contribution is 2.41. The Labute approximate surface area is 101 Å². The molecule has 1 aliphatic heterocycles. The highest BCUT2D eigenvalue weighted by Gasteiger charge is 2.47. The molecule has 98 valence electrons. The fourth-order valence-electron chi connectivity index (χ4n) is 2.36. The van der Waals surface area contributed by atoms with Crippen molar-refractivity contribution >= 4 is 12.1 Å². The Balaban J connectivity index is 3.00. The first-order chi connectivity index (χ1) is 7.58. The summed E-state index contributed by atoms with van der Waals surface area (Å²) in [6.45, 7) is 7.83. The molecule has 17 heavy (non-hydrogen) atoms. The van der Waals surface area contributed by atoms with E-state index in [-0.39, 0.29) is 11.5 Å². The van der Waals surface area contributed by atoms with Gasteiger partial charge in [-0.3, -0.25) is 4.79 Å². The van der Waals surface area contributed by atoms with E-state index in [0.717, 1.165) is 0 Å². The van der Waals surface area contributed by atoms with Crippen molar-refractivity contribution in [2.24, 2.45) is 10.8 Å². The number of hydrogen-bond acceptors (Lipinski definition) is 2. The second-order valence-corrected chi connectivity index (χ2v) is 6.18. The van der Waals surface area contributed by atoms with Gasteiger partial charge in [0.25, 0.3) is 0 Å². The van der Waals surface area contributed by atoms with Crippen molar-refractivity contribution in [1.29, 1.82) is 0 Å². The number of piperidine rings is 1. The molecule has 0 aliphatic carbocycles. The van der Waals surface area contributed by atoms with Crippen molar-refractivity contribution in [2.75, 3.05) is 6.54 Å². The van der Waals surface area contributed by atoms with E-state index in [1.807, 2.05) is 20.8 Å². The van der Waals surface area contributed by atoms with E-state index in [1.165, 1.54) is 4.90 Å². The van der Waals surface area contributed by atoms with Gasteiger partial charge < -0.3 is 15.1 Å². The molecule has 1 aliphatic rings. The lowest BCUT2D eigenvalue weighted by atomic mass is 9.70. The average Bonchev–Trinajstić information content (AvgIpc) is 2.15. The number of rotatable bonds is 1. The molecule has 0 spiro atoms. The van der Waals surface area contributed by atoms with Gasteiger partial charge in [-0.15, -0.1) is 0 Å². The Morgan fingerprint density at radius 1 is 1.29 bits per heavy atom. The topological polar surface area (TPSA) is 77.8 Å². The summed E-state index contributed by atoms with van der Waals surface area (Å²) in [4.78, 5) is 23.8. The summed E-state index contributed by atoms with van der Waals surface area (Å²) in [6.07, 6.45) is -0.211. The number of nitrogens with zero attached hydrogens (tertiary/aromatic N) is 1. The lowest BCUT2D eigenvalue weighted by Crippen LogP contribution is -2.55. The summed E-state index contributed by atoms with van der Waals surface area (Å²) in [5.74, 6) is -0.836. The maximum absolute atomic E-state index is 11.3. The number of amides is 1. The minimum absolute atomic E-state index is 0.254. The van der Waals surface area contributed by atoms with Crippen molar-refractivity contribution in [2.45, 2.75) is 46.6 Å². The van der Waals surface area contributed by atoms with Crippen LogP contribution >= 0.6 is 0 Å². The van der Waals surface area contributed by atoms with E-state index in [4.69, 9.17) is 5.11 Å². The summed E-state index contributed by atoms with van der Waals surface area (Å²) in [5, 5.41) is 18.4. The van der Waals surface area contributed by atoms with Crippen molar-refractivity contribution in [1.82, 2.24) is 4.90 Å². The van der Waals surface area contributed by atoms with E-state index in [1.54, 1.807) is 6.92 Å². The number of hydrogen-bond donors (Lipinski definition) is 2. The zero-order valence-electron chi connectivity index (χ0n) is 10.9. The minimum atomic E-state index is -0.961. The molecular weight excluding hydrogens is 222 g/mol. The molecule has 1 rings (SSSR count). The molecule has 0 aromatic rings. The summed E-state index contributed by atoms with van der Waals surface area (Å²) < 4.78 is 0. The first-order valence-electron chi connectivity index (χ1n) is 5.81. The van der Waals surface area contributed by atoms with Crippen LogP contribution in [0.5, 0.6) is 0 Å². The van der Waals surface area contributed by atoms with Gasteiger partial charge in [0, 0.05) is 12.6 Å². The highest BCUT2D eigenvalue weighted by molar-refractivity contribution is 5.75. The third-order valence-electron chi connectivity index (χ3n) is 3.69. The van der Waals surface area contributed by atoms with Gasteiger partial charge in [-0.1, -0.05) is 20.8 Å². The summed E-state index contributed by atoms with van der Waals surface area (Å²) in [7, 11) is 0. The first-order valence-corrected chi connectivity index (χ1v) is 5.81. The first kappa shape index (κ1) is 13.8. The van der Waals surface area contributed by atoms with Crippen LogP contribution in [-0.2, 0) is 4.79 Å². The van der Waals surface area contributed by atoms with Crippen LogP contribution in [-0.4, -0.2) is 39.8 Å². The summed E-state index contributed by atoms with van der Waals surface area (Å²) in [6, 6.07) is -0.255. The third kappa shape index (κ3) is 2.70. The zero-order valence-corrected chi connectivity index (χ0v) is 10.9. The van der Waals surface area contributed by atoms with E-state index < -0.39 is 17.5 Å². The summed E-state index contributed by atoms with van der Waals surface area (Å²) >= 11 is 0. The van der Waals surface area contributed by atoms with Crippen molar-refractivity contribution in [3.05, 3.63) is 0 Å². The van der Waals surface area contributed by atoms with Crippen LogP contribution in [0, 0.1) is 10.8 Å². The lowest BCUT2D eigenvalue weighted by Gasteiger charge is -2.47. The second-order valence-electron chi connectivity index (χ2n) is 6.18. The van der Waals surface area contributed by atoms with Crippen LogP contribution in [0.25, 0.3) is 0 Å². The molecule has 5 heteroatoms. The molecule has 2 unspecified atom stereocenters. The fraction of sp³-hybridized carbons (Fsp3) is 0.833. The van der Waals surface area contributed by atoms with Gasteiger partial charge in [-0.2, -0.15) is 0 Å². The Morgan fingerprint density at radius 3 is 2.18 bits per heavy atom. The zero-order chi connectivity index (χ0) is 13.4. The van der Waals surface area contributed by atoms with Crippen LogP contribution in [0.3, 0.4) is 0 Å². The molecule has 1 amide bonds. The highest BCUT2D eigenvalue weighted by atomic mass is 16.4. The Kier molecular flexibility index (Phi) is 3.41. The molecule has 0 aromatic heterocycles. The standard InChI is InChI=1S/C12H21NO4/c1-11(2,3)8-7-12(4,9(14)15)5-6-13(8)10(16)17/h8H,5-7H2,1-4H3,(H,14,15)(H,16,17). The molecule has 0 aromatic carbocycles. The number of carbonyl (C=O) groups is 2. The van der Waals surface area contributed by atoms with Crippen molar-refractivity contribution in [3.8, 4) is 0 Å².